The number of hydrogen-bond donors (Lipinski definition) is 2. The SMILES string of the molecule is CC1CC(NC(=O)C2(N)CCOC2)CCN1C. The van der Waals surface area contributed by atoms with E-state index < -0.39 is 5.54 Å². The van der Waals surface area contributed by atoms with Crippen molar-refractivity contribution >= 4 is 5.91 Å². The standard InChI is InChI=1S/C12H23N3O2/c1-9-7-10(3-5-15(9)2)14-11(16)12(13)4-6-17-8-12/h9-10H,3-8,13H2,1-2H3,(H,14,16). The quantitative estimate of drug-likeness (QED) is 0.697. The largest absolute Gasteiger partial charge is 0.379 e. The van der Waals surface area contributed by atoms with Crippen molar-refractivity contribution in [2.45, 2.75) is 43.8 Å². The molecule has 0 radical (unpaired) electrons. The number of hydrogen-bond acceptors (Lipinski definition) is 4. The van der Waals surface area contributed by atoms with Crippen molar-refractivity contribution in [3.05, 3.63) is 0 Å². The van der Waals surface area contributed by atoms with E-state index in [0.29, 0.717) is 25.7 Å². The van der Waals surface area contributed by atoms with E-state index in [9.17, 15) is 4.79 Å². The van der Waals surface area contributed by atoms with Crippen molar-refractivity contribution in [2.24, 2.45) is 5.73 Å². The number of rotatable bonds is 2. The lowest BCUT2D eigenvalue weighted by molar-refractivity contribution is -0.127. The summed E-state index contributed by atoms with van der Waals surface area (Å²) >= 11 is 0. The molecule has 0 aromatic carbocycles. The van der Waals surface area contributed by atoms with Gasteiger partial charge in [-0.2, -0.15) is 0 Å². The van der Waals surface area contributed by atoms with Gasteiger partial charge in [0, 0.05) is 25.2 Å². The highest BCUT2D eigenvalue weighted by atomic mass is 16.5. The highest BCUT2D eigenvalue weighted by Gasteiger charge is 2.39. The summed E-state index contributed by atoms with van der Waals surface area (Å²) < 4.78 is 5.21. The fourth-order valence-electron chi connectivity index (χ4n) is 2.51. The van der Waals surface area contributed by atoms with Crippen LogP contribution in [0.4, 0.5) is 0 Å². The van der Waals surface area contributed by atoms with Gasteiger partial charge in [-0.15, -0.1) is 0 Å². The minimum Gasteiger partial charge on any atom is -0.379 e. The predicted octanol–water partition coefficient (Wildman–Crippen LogP) is -0.297. The van der Waals surface area contributed by atoms with Crippen LogP contribution in [0.15, 0.2) is 0 Å². The van der Waals surface area contributed by atoms with Gasteiger partial charge in [-0.3, -0.25) is 4.79 Å². The van der Waals surface area contributed by atoms with Crippen molar-refractivity contribution in [2.75, 3.05) is 26.8 Å². The molecule has 0 aliphatic carbocycles. The van der Waals surface area contributed by atoms with E-state index in [1.807, 2.05) is 0 Å². The third kappa shape index (κ3) is 2.78. The first kappa shape index (κ1) is 12.8. The fourth-order valence-corrected chi connectivity index (χ4v) is 2.51. The third-order valence-corrected chi connectivity index (χ3v) is 4.05. The van der Waals surface area contributed by atoms with E-state index >= 15 is 0 Å². The Labute approximate surface area is 103 Å². The van der Waals surface area contributed by atoms with Crippen molar-refractivity contribution in [3.63, 3.8) is 0 Å². The summed E-state index contributed by atoms with van der Waals surface area (Å²) in [5.41, 5.74) is 5.24. The number of likely N-dealkylation sites (tertiary alicyclic amines) is 1. The molecule has 2 rings (SSSR count). The Balaban J connectivity index is 1.86. The fraction of sp³-hybridized carbons (Fsp3) is 0.917. The van der Waals surface area contributed by atoms with Gasteiger partial charge in [-0.05, 0) is 33.2 Å². The topological polar surface area (TPSA) is 67.6 Å². The molecule has 2 saturated heterocycles. The number of ether oxygens (including phenoxy) is 1. The molecule has 0 spiro atoms. The molecule has 3 N–H and O–H groups in total. The molecule has 0 aromatic heterocycles. The van der Waals surface area contributed by atoms with Gasteiger partial charge in [0.15, 0.2) is 0 Å². The first-order chi connectivity index (χ1) is 8.01. The molecule has 2 aliphatic rings. The van der Waals surface area contributed by atoms with Gasteiger partial charge in [-0.25, -0.2) is 0 Å². The molecule has 5 heteroatoms. The normalized spacial score (nSPS) is 39.2. The van der Waals surface area contributed by atoms with E-state index in [1.165, 1.54) is 0 Å². The number of amides is 1. The molecule has 17 heavy (non-hydrogen) atoms. The predicted molar refractivity (Wildman–Crippen MR) is 65.6 cm³/mol. The smallest absolute Gasteiger partial charge is 0.242 e. The monoisotopic (exact) mass is 241 g/mol. The third-order valence-electron chi connectivity index (χ3n) is 4.05. The van der Waals surface area contributed by atoms with E-state index in [-0.39, 0.29) is 11.9 Å². The Bertz CT molecular complexity index is 289. The second-order valence-electron chi connectivity index (χ2n) is 5.48. The minimum absolute atomic E-state index is 0.0447. The van der Waals surface area contributed by atoms with Crippen LogP contribution < -0.4 is 11.1 Å². The Kier molecular flexibility index (Phi) is 3.70. The van der Waals surface area contributed by atoms with Crippen LogP contribution in [-0.4, -0.2) is 55.2 Å². The molecule has 3 unspecified atom stereocenters. The van der Waals surface area contributed by atoms with Crippen LogP contribution in [0.2, 0.25) is 0 Å². The minimum atomic E-state index is -0.799. The molecule has 5 nitrogen and oxygen atoms in total. The molecule has 0 bridgehead atoms. The Morgan fingerprint density at radius 3 is 2.94 bits per heavy atom. The number of nitrogens with two attached hydrogens (primary N) is 1. The molecule has 2 aliphatic heterocycles. The Morgan fingerprint density at radius 1 is 1.59 bits per heavy atom. The van der Waals surface area contributed by atoms with Crippen LogP contribution in [0.25, 0.3) is 0 Å². The van der Waals surface area contributed by atoms with Crippen molar-refractivity contribution in [3.8, 4) is 0 Å². The van der Waals surface area contributed by atoms with Crippen LogP contribution in [0, 0.1) is 0 Å². The molecule has 0 aromatic rings. The lowest BCUT2D eigenvalue weighted by atomic mass is 9.95. The van der Waals surface area contributed by atoms with Gasteiger partial charge in [-0.1, -0.05) is 0 Å². The highest BCUT2D eigenvalue weighted by molar-refractivity contribution is 5.86. The summed E-state index contributed by atoms with van der Waals surface area (Å²) in [5, 5.41) is 3.08. The molecule has 2 fully saturated rings. The lowest BCUT2D eigenvalue weighted by Crippen LogP contribution is -2.58. The zero-order valence-electron chi connectivity index (χ0n) is 10.7. The van der Waals surface area contributed by atoms with Crippen LogP contribution in [0.1, 0.15) is 26.2 Å². The molecule has 98 valence electrons. The number of piperidine rings is 1. The van der Waals surface area contributed by atoms with Gasteiger partial charge in [0.25, 0.3) is 0 Å². The molecular weight excluding hydrogens is 218 g/mol. The second-order valence-corrected chi connectivity index (χ2v) is 5.48. The van der Waals surface area contributed by atoms with Crippen LogP contribution in [0.3, 0.4) is 0 Å². The van der Waals surface area contributed by atoms with Gasteiger partial charge in [0.2, 0.25) is 5.91 Å². The van der Waals surface area contributed by atoms with Crippen LogP contribution in [0.5, 0.6) is 0 Å². The first-order valence-electron chi connectivity index (χ1n) is 6.39. The average Bonchev–Trinajstić information content (AvgIpc) is 2.72. The molecule has 2 heterocycles. The summed E-state index contributed by atoms with van der Waals surface area (Å²) in [6, 6.07) is 0.775. The first-order valence-corrected chi connectivity index (χ1v) is 6.39. The zero-order valence-corrected chi connectivity index (χ0v) is 10.7. The van der Waals surface area contributed by atoms with Crippen LogP contribution >= 0.6 is 0 Å². The van der Waals surface area contributed by atoms with Crippen molar-refractivity contribution in [1.82, 2.24) is 10.2 Å². The summed E-state index contributed by atoms with van der Waals surface area (Å²) in [5.74, 6) is -0.0447. The van der Waals surface area contributed by atoms with Gasteiger partial charge in [0.1, 0.15) is 5.54 Å². The second kappa shape index (κ2) is 4.92. The van der Waals surface area contributed by atoms with E-state index in [0.717, 1.165) is 19.4 Å². The molecule has 1 amide bonds. The molecule has 0 saturated carbocycles. The number of carbonyl (C=O) groups is 1. The summed E-state index contributed by atoms with van der Waals surface area (Å²) in [4.78, 5) is 14.4. The summed E-state index contributed by atoms with van der Waals surface area (Å²) in [7, 11) is 2.12. The maximum atomic E-state index is 12.1. The number of nitrogens with zero attached hydrogens (tertiary/aromatic N) is 1. The van der Waals surface area contributed by atoms with E-state index in [1.54, 1.807) is 0 Å². The maximum absolute atomic E-state index is 12.1. The van der Waals surface area contributed by atoms with Crippen molar-refractivity contribution < 1.29 is 9.53 Å². The zero-order chi connectivity index (χ0) is 12.5. The van der Waals surface area contributed by atoms with Crippen LogP contribution in [-0.2, 0) is 9.53 Å². The van der Waals surface area contributed by atoms with Gasteiger partial charge >= 0.3 is 0 Å². The molecule has 3 atom stereocenters. The lowest BCUT2D eigenvalue weighted by Gasteiger charge is -2.36. The van der Waals surface area contributed by atoms with Crippen molar-refractivity contribution in [1.29, 1.82) is 0 Å². The Morgan fingerprint density at radius 2 is 2.35 bits per heavy atom. The number of carbonyl (C=O) groups excluding carboxylic acids is 1. The van der Waals surface area contributed by atoms with Gasteiger partial charge < -0.3 is 20.7 Å². The Hall–Kier alpha value is -0.650. The van der Waals surface area contributed by atoms with Gasteiger partial charge in [0.05, 0.1) is 6.61 Å². The summed E-state index contributed by atoms with van der Waals surface area (Å²) in [6.45, 7) is 4.16. The number of nitrogens with one attached hydrogen (secondary N) is 1. The molecular formula is C12H23N3O2. The van der Waals surface area contributed by atoms with E-state index in [4.69, 9.17) is 10.5 Å². The average molecular weight is 241 g/mol. The summed E-state index contributed by atoms with van der Waals surface area (Å²) in [6.07, 6.45) is 2.63. The highest BCUT2D eigenvalue weighted by Crippen LogP contribution is 2.19. The van der Waals surface area contributed by atoms with E-state index in [2.05, 4.69) is 24.2 Å². The maximum Gasteiger partial charge on any atom is 0.242 e.